The van der Waals surface area contributed by atoms with Gasteiger partial charge in [-0.1, -0.05) is 23.2 Å². The number of imidazole rings is 1. The van der Waals surface area contributed by atoms with Gasteiger partial charge in [-0.25, -0.2) is 9.78 Å². The van der Waals surface area contributed by atoms with Gasteiger partial charge in [0.25, 0.3) is 0 Å². The van der Waals surface area contributed by atoms with Crippen LogP contribution >= 0.6 is 23.2 Å². The van der Waals surface area contributed by atoms with Crippen molar-refractivity contribution in [2.24, 2.45) is 7.05 Å². The molecule has 0 bridgehead atoms. The lowest BCUT2D eigenvalue weighted by atomic mass is 10.4. The highest BCUT2D eigenvalue weighted by Gasteiger charge is 2.08. The third-order valence-corrected chi connectivity index (χ3v) is 2.29. The molecule has 0 amide bonds. The number of nitrogens with zero attached hydrogens (tertiary/aromatic N) is 2. The minimum absolute atomic E-state index is 0.209. The number of fused-ring (bicyclic) bond motifs is 1. The first kappa shape index (κ1) is 8.59. The van der Waals surface area contributed by atoms with Crippen molar-refractivity contribution in [3.8, 4) is 0 Å². The van der Waals surface area contributed by atoms with Crippen molar-refractivity contribution >= 4 is 34.2 Å². The fourth-order valence-corrected chi connectivity index (χ4v) is 1.62. The van der Waals surface area contributed by atoms with Crippen molar-refractivity contribution in [3.05, 3.63) is 26.9 Å². The quantitative estimate of drug-likeness (QED) is 0.682. The zero-order chi connectivity index (χ0) is 9.59. The Balaban J connectivity index is 3.03. The van der Waals surface area contributed by atoms with Crippen LogP contribution in [0.4, 0.5) is 0 Å². The van der Waals surface area contributed by atoms with Crippen molar-refractivity contribution in [1.82, 2.24) is 14.5 Å². The van der Waals surface area contributed by atoms with Crippen LogP contribution in [0.15, 0.2) is 10.9 Å². The predicted octanol–water partition coefficient (Wildman–Crippen LogP) is 1.57. The first-order valence-electron chi connectivity index (χ1n) is 3.50. The molecule has 13 heavy (non-hydrogen) atoms. The average molecular weight is 218 g/mol. The second-order valence-electron chi connectivity index (χ2n) is 2.62. The largest absolute Gasteiger partial charge is 0.326 e. The van der Waals surface area contributed by atoms with Gasteiger partial charge in [0.1, 0.15) is 10.7 Å². The molecule has 2 aromatic heterocycles. The van der Waals surface area contributed by atoms with Crippen molar-refractivity contribution < 1.29 is 0 Å². The monoisotopic (exact) mass is 217 g/mol. The molecule has 0 aliphatic rings. The molecule has 0 spiro atoms. The van der Waals surface area contributed by atoms with E-state index in [0.29, 0.717) is 11.0 Å². The summed E-state index contributed by atoms with van der Waals surface area (Å²) in [4.78, 5) is 17.6. The minimum Gasteiger partial charge on any atom is -0.303 e. The first-order valence-corrected chi connectivity index (χ1v) is 4.26. The minimum atomic E-state index is -0.235. The molecule has 0 fully saturated rings. The smallest absolute Gasteiger partial charge is 0.303 e. The second-order valence-corrected chi connectivity index (χ2v) is 3.36. The Labute approximate surface area is 83.1 Å². The standard InChI is InChI=1S/C7H5Cl2N3O/c1-12-3-2-4(8)10-6(9)5(3)11-7(12)13/h2H,1H3,(H,11,13). The summed E-state index contributed by atoms with van der Waals surface area (Å²) < 4.78 is 1.43. The number of H-pyrrole nitrogens is 1. The molecule has 2 heterocycles. The zero-order valence-corrected chi connectivity index (χ0v) is 8.15. The van der Waals surface area contributed by atoms with E-state index < -0.39 is 0 Å². The number of aromatic amines is 1. The van der Waals surface area contributed by atoms with E-state index in [9.17, 15) is 4.79 Å². The summed E-state index contributed by atoms with van der Waals surface area (Å²) in [6.45, 7) is 0. The van der Waals surface area contributed by atoms with Crippen LogP contribution in [0.2, 0.25) is 10.3 Å². The molecule has 0 saturated heterocycles. The molecule has 6 heteroatoms. The molecule has 0 atom stereocenters. The van der Waals surface area contributed by atoms with Crippen molar-refractivity contribution in [3.63, 3.8) is 0 Å². The van der Waals surface area contributed by atoms with Crippen molar-refractivity contribution in [2.75, 3.05) is 0 Å². The first-order chi connectivity index (χ1) is 6.09. The summed E-state index contributed by atoms with van der Waals surface area (Å²) in [5.74, 6) is 0. The lowest BCUT2D eigenvalue weighted by Gasteiger charge is -1.95. The number of hydrogen-bond acceptors (Lipinski definition) is 2. The van der Waals surface area contributed by atoms with Gasteiger partial charge in [-0.15, -0.1) is 0 Å². The third kappa shape index (κ3) is 1.22. The Morgan fingerprint density at radius 2 is 2.23 bits per heavy atom. The predicted molar refractivity (Wildman–Crippen MR) is 51.4 cm³/mol. The molecular formula is C7H5Cl2N3O. The van der Waals surface area contributed by atoms with E-state index >= 15 is 0 Å². The number of pyridine rings is 1. The molecule has 0 aliphatic heterocycles. The molecule has 0 unspecified atom stereocenters. The zero-order valence-electron chi connectivity index (χ0n) is 6.64. The summed E-state index contributed by atoms with van der Waals surface area (Å²) in [5, 5.41) is 0.479. The molecule has 0 saturated carbocycles. The molecule has 0 aliphatic carbocycles. The van der Waals surface area contributed by atoms with Gasteiger partial charge < -0.3 is 4.98 Å². The van der Waals surface area contributed by atoms with E-state index in [0.717, 1.165) is 0 Å². The second kappa shape index (κ2) is 2.75. The molecule has 1 N–H and O–H groups in total. The highest BCUT2D eigenvalue weighted by Crippen LogP contribution is 2.21. The van der Waals surface area contributed by atoms with Gasteiger partial charge >= 0.3 is 5.69 Å². The van der Waals surface area contributed by atoms with Crippen LogP contribution < -0.4 is 5.69 Å². The van der Waals surface area contributed by atoms with Crippen molar-refractivity contribution in [1.29, 1.82) is 0 Å². The summed E-state index contributed by atoms with van der Waals surface area (Å²) in [6.07, 6.45) is 0. The molecule has 0 radical (unpaired) electrons. The molecular weight excluding hydrogens is 213 g/mol. The number of halogens is 2. The lowest BCUT2D eigenvalue weighted by molar-refractivity contribution is 0.891. The molecule has 4 nitrogen and oxygen atoms in total. The Bertz CT molecular complexity index is 528. The van der Waals surface area contributed by atoms with Crippen LogP contribution in [0.5, 0.6) is 0 Å². The maximum atomic E-state index is 11.2. The molecule has 2 aromatic rings. The number of hydrogen-bond donors (Lipinski definition) is 1. The maximum Gasteiger partial charge on any atom is 0.326 e. The van der Waals surface area contributed by atoms with E-state index in [1.807, 2.05) is 0 Å². The van der Waals surface area contributed by atoms with Crippen LogP contribution in [0.3, 0.4) is 0 Å². The summed E-state index contributed by atoms with van der Waals surface area (Å²) >= 11 is 11.4. The average Bonchev–Trinajstić information content (AvgIpc) is 2.32. The Hall–Kier alpha value is -1.000. The van der Waals surface area contributed by atoms with E-state index in [-0.39, 0.29) is 16.0 Å². The van der Waals surface area contributed by atoms with Gasteiger partial charge in [0, 0.05) is 13.1 Å². The van der Waals surface area contributed by atoms with Gasteiger partial charge in [-0.05, 0) is 0 Å². The van der Waals surface area contributed by atoms with E-state index in [1.165, 1.54) is 4.57 Å². The summed E-state index contributed by atoms with van der Waals surface area (Å²) in [5.41, 5.74) is 0.925. The van der Waals surface area contributed by atoms with E-state index in [2.05, 4.69) is 9.97 Å². The van der Waals surface area contributed by atoms with Crippen LogP contribution in [0.25, 0.3) is 11.0 Å². The fraction of sp³-hybridized carbons (Fsp3) is 0.143. The SMILES string of the molecule is Cn1c(=O)[nH]c2c(Cl)nc(Cl)cc21. The normalized spacial score (nSPS) is 11.0. The topological polar surface area (TPSA) is 50.7 Å². The van der Waals surface area contributed by atoms with E-state index in [4.69, 9.17) is 23.2 Å². The van der Waals surface area contributed by atoms with Crippen molar-refractivity contribution in [2.45, 2.75) is 0 Å². The van der Waals surface area contributed by atoms with Gasteiger partial charge in [0.05, 0.1) is 5.52 Å². The number of aromatic nitrogens is 3. The van der Waals surface area contributed by atoms with Gasteiger partial charge in [-0.2, -0.15) is 0 Å². The molecule has 0 aromatic carbocycles. The molecule has 2 rings (SSSR count). The maximum absolute atomic E-state index is 11.2. The lowest BCUT2D eigenvalue weighted by Crippen LogP contribution is -2.11. The van der Waals surface area contributed by atoms with Crippen LogP contribution in [0, 0.1) is 0 Å². The number of aryl methyl sites for hydroxylation is 1. The Kier molecular flexibility index (Phi) is 1.82. The third-order valence-electron chi connectivity index (χ3n) is 1.82. The van der Waals surface area contributed by atoms with Crippen LogP contribution in [0.1, 0.15) is 0 Å². The highest BCUT2D eigenvalue weighted by atomic mass is 35.5. The summed E-state index contributed by atoms with van der Waals surface area (Å²) in [6, 6.07) is 1.58. The Morgan fingerprint density at radius 3 is 2.92 bits per heavy atom. The van der Waals surface area contributed by atoms with E-state index in [1.54, 1.807) is 13.1 Å². The van der Waals surface area contributed by atoms with Gasteiger partial charge in [0.15, 0.2) is 5.15 Å². The number of rotatable bonds is 0. The number of nitrogens with one attached hydrogen (secondary N) is 1. The van der Waals surface area contributed by atoms with Crippen LogP contribution in [-0.4, -0.2) is 14.5 Å². The fourth-order valence-electron chi connectivity index (χ4n) is 1.15. The van der Waals surface area contributed by atoms with Crippen LogP contribution in [-0.2, 0) is 7.05 Å². The highest BCUT2D eigenvalue weighted by molar-refractivity contribution is 6.35. The van der Waals surface area contributed by atoms with Gasteiger partial charge in [0.2, 0.25) is 0 Å². The Morgan fingerprint density at radius 1 is 1.54 bits per heavy atom. The summed E-state index contributed by atoms with van der Waals surface area (Å²) in [7, 11) is 1.63. The molecule has 68 valence electrons. The van der Waals surface area contributed by atoms with Gasteiger partial charge in [-0.3, -0.25) is 4.57 Å².